The zero-order valence-corrected chi connectivity index (χ0v) is 12.2. The molecule has 1 aromatic carbocycles. The van der Waals surface area contributed by atoms with Crippen LogP contribution in [-0.2, 0) is 6.54 Å². The van der Waals surface area contributed by atoms with E-state index in [9.17, 15) is 0 Å². The largest absolute Gasteiger partial charge is 0.314 e. The van der Waals surface area contributed by atoms with Gasteiger partial charge in [-0.25, -0.2) is 0 Å². The summed E-state index contributed by atoms with van der Waals surface area (Å²) in [5.74, 6) is 0.993. The summed E-state index contributed by atoms with van der Waals surface area (Å²) in [7, 11) is 0. The van der Waals surface area contributed by atoms with E-state index >= 15 is 0 Å². The van der Waals surface area contributed by atoms with Crippen LogP contribution in [0.5, 0.6) is 0 Å². The van der Waals surface area contributed by atoms with E-state index in [-0.39, 0.29) is 0 Å². The van der Waals surface area contributed by atoms with Gasteiger partial charge < -0.3 is 5.32 Å². The molecular formula is C16H23ClN2. The van der Waals surface area contributed by atoms with Crippen LogP contribution in [0.4, 0.5) is 0 Å². The normalized spacial score (nSPS) is 21.7. The van der Waals surface area contributed by atoms with Crippen LogP contribution in [0.3, 0.4) is 0 Å². The minimum absolute atomic E-state index is 0.752. The third kappa shape index (κ3) is 4.20. The molecule has 2 nitrogen and oxygen atoms in total. The fraction of sp³-hybridized carbons (Fsp3) is 0.625. The van der Waals surface area contributed by atoms with E-state index < -0.39 is 0 Å². The van der Waals surface area contributed by atoms with Crippen molar-refractivity contribution in [1.82, 2.24) is 10.2 Å². The number of benzene rings is 1. The van der Waals surface area contributed by atoms with E-state index in [2.05, 4.69) is 22.3 Å². The van der Waals surface area contributed by atoms with Crippen molar-refractivity contribution in [2.75, 3.05) is 19.6 Å². The third-order valence-electron chi connectivity index (χ3n) is 4.30. The first-order valence-corrected chi connectivity index (χ1v) is 7.87. The number of nitrogens with one attached hydrogen (secondary N) is 1. The molecule has 2 fully saturated rings. The first kappa shape index (κ1) is 13.4. The van der Waals surface area contributed by atoms with Gasteiger partial charge in [-0.3, -0.25) is 4.90 Å². The lowest BCUT2D eigenvalue weighted by Crippen LogP contribution is -2.42. The highest BCUT2D eigenvalue weighted by molar-refractivity contribution is 6.30. The minimum atomic E-state index is 0.752. The molecule has 0 unspecified atom stereocenters. The summed E-state index contributed by atoms with van der Waals surface area (Å²) < 4.78 is 0. The summed E-state index contributed by atoms with van der Waals surface area (Å²) in [6.07, 6.45) is 5.48. The van der Waals surface area contributed by atoms with Crippen molar-refractivity contribution < 1.29 is 0 Å². The molecule has 1 aliphatic heterocycles. The molecule has 104 valence electrons. The summed E-state index contributed by atoms with van der Waals surface area (Å²) in [4.78, 5) is 2.55. The first-order chi connectivity index (χ1) is 9.29. The summed E-state index contributed by atoms with van der Waals surface area (Å²) >= 11 is 5.92. The van der Waals surface area contributed by atoms with Crippen molar-refractivity contribution in [1.29, 1.82) is 0 Å². The van der Waals surface area contributed by atoms with Crippen LogP contribution < -0.4 is 5.32 Å². The van der Waals surface area contributed by atoms with Crippen LogP contribution in [0.25, 0.3) is 0 Å². The second-order valence-corrected chi connectivity index (χ2v) is 6.46. The second kappa shape index (κ2) is 6.25. The van der Waals surface area contributed by atoms with E-state index in [1.165, 1.54) is 50.9 Å². The zero-order valence-electron chi connectivity index (χ0n) is 11.4. The van der Waals surface area contributed by atoms with Crippen LogP contribution in [0, 0.1) is 5.92 Å². The summed E-state index contributed by atoms with van der Waals surface area (Å²) in [6, 6.07) is 9.00. The molecule has 3 rings (SSSR count). The van der Waals surface area contributed by atoms with Crippen molar-refractivity contribution in [3.05, 3.63) is 34.9 Å². The molecule has 1 heterocycles. The molecule has 1 aromatic rings. The van der Waals surface area contributed by atoms with Crippen molar-refractivity contribution in [3.63, 3.8) is 0 Å². The molecule has 0 radical (unpaired) electrons. The topological polar surface area (TPSA) is 15.3 Å². The van der Waals surface area contributed by atoms with Gasteiger partial charge in [0.1, 0.15) is 0 Å². The van der Waals surface area contributed by atoms with Crippen LogP contribution in [0.15, 0.2) is 24.3 Å². The summed E-state index contributed by atoms with van der Waals surface area (Å²) in [6.45, 7) is 4.74. The fourth-order valence-corrected chi connectivity index (χ4v) is 2.92. The highest BCUT2D eigenvalue weighted by Gasteiger charge is 2.24. The number of nitrogens with zero attached hydrogens (tertiary/aromatic N) is 1. The Hall–Kier alpha value is -0.570. The molecule has 1 N–H and O–H groups in total. The van der Waals surface area contributed by atoms with Crippen LogP contribution in [0.2, 0.25) is 5.02 Å². The van der Waals surface area contributed by atoms with Crippen LogP contribution in [-0.4, -0.2) is 30.6 Å². The number of hydrogen-bond donors (Lipinski definition) is 1. The molecule has 1 aliphatic carbocycles. The maximum Gasteiger partial charge on any atom is 0.0406 e. The van der Waals surface area contributed by atoms with Gasteiger partial charge in [0.15, 0.2) is 0 Å². The van der Waals surface area contributed by atoms with Gasteiger partial charge in [0.05, 0.1) is 0 Å². The average molecular weight is 279 g/mol. The Balaban J connectivity index is 1.40. The molecule has 0 amide bonds. The summed E-state index contributed by atoms with van der Waals surface area (Å²) in [5.41, 5.74) is 1.37. The Morgan fingerprint density at radius 1 is 1.05 bits per heavy atom. The number of halogens is 1. The lowest BCUT2D eigenvalue weighted by molar-refractivity contribution is 0.190. The zero-order chi connectivity index (χ0) is 13.1. The average Bonchev–Trinajstić information content (AvgIpc) is 3.25. The van der Waals surface area contributed by atoms with Crippen molar-refractivity contribution in [2.24, 2.45) is 5.92 Å². The molecule has 3 heteroatoms. The minimum Gasteiger partial charge on any atom is -0.314 e. The van der Waals surface area contributed by atoms with E-state index in [1.54, 1.807) is 0 Å². The summed E-state index contributed by atoms with van der Waals surface area (Å²) in [5, 5.41) is 4.56. The molecule has 1 saturated carbocycles. The van der Waals surface area contributed by atoms with Gasteiger partial charge in [-0.1, -0.05) is 23.7 Å². The smallest absolute Gasteiger partial charge is 0.0406 e. The number of likely N-dealkylation sites (tertiary alicyclic amines) is 1. The Bertz CT molecular complexity index is 392. The molecule has 2 aliphatic rings. The highest BCUT2D eigenvalue weighted by Crippen LogP contribution is 2.28. The van der Waals surface area contributed by atoms with Gasteiger partial charge in [0.25, 0.3) is 0 Å². The van der Waals surface area contributed by atoms with E-state index in [4.69, 9.17) is 11.6 Å². The van der Waals surface area contributed by atoms with Crippen LogP contribution >= 0.6 is 11.6 Å². The van der Waals surface area contributed by atoms with Gasteiger partial charge >= 0.3 is 0 Å². The molecule has 19 heavy (non-hydrogen) atoms. The third-order valence-corrected chi connectivity index (χ3v) is 4.55. The Morgan fingerprint density at radius 2 is 1.74 bits per heavy atom. The van der Waals surface area contributed by atoms with Crippen molar-refractivity contribution in [2.45, 2.75) is 38.3 Å². The molecule has 0 spiro atoms. The monoisotopic (exact) mass is 278 g/mol. The van der Waals surface area contributed by atoms with Crippen molar-refractivity contribution >= 4 is 11.6 Å². The van der Waals surface area contributed by atoms with Crippen LogP contribution in [0.1, 0.15) is 31.2 Å². The molecule has 0 atom stereocenters. The number of piperidine rings is 1. The van der Waals surface area contributed by atoms with Gasteiger partial charge in [0, 0.05) is 17.6 Å². The Morgan fingerprint density at radius 3 is 2.37 bits per heavy atom. The van der Waals surface area contributed by atoms with Gasteiger partial charge in [-0.2, -0.15) is 0 Å². The van der Waals surface area contributed by atoms with E-state index in [0.29, 0.717) is 0 Å². The molecule has 0 bridgehead atoms. The Labute approximate surface area is 121 Å². The van der Waals surface area contributed by atoms with Gasteiger partial charge in [0.2, 0.25) is 0 Å². The maximum atomic E-state index is 5.92. The maximum absolute atomic E-state index is 5.92. The second-order valence-electron chi connectivity index (χ2n) is 6.03. The number of rotatable bonds is 5. The van der Waals surface area contributed by atoms with E-state index in [0.717, 1.165) is 23.5 Å². The molecule has 0 aromatic heterocycles. The lowest BCUT2D eigenvalue weighted by Gasteiger charge is -2.32. The lowest BCUT2D eigenvalue weighted by atomic mass is 10.0. The SMILES string of the molecule is Clc1ccc(CN2CCC(NCC3CC3)CC2)cc1. The standard InChI is InChI=1S/C16H23ClN2/c17-15-5-3-14(4-6-15)12-19-9-7-16(8-10-19)18-11-13-1-2-13/h3-6,13,16,18H,1-2,7-12H2. The van der Waals surface area contributed by atoms with Crippen molar-refractivity contribution in [3.8, 4) is 0 Å². The molecule has 1 saturated heterocycles. The van der Waals surface area contributed by atoms with E-state index in [1.807, 2.05) is 12.1 Å². The van der Waals surface area contributed by atoms with Gasteiger partial charge in [-0.05, 0) is 68.9 Å². The van der Waals surface area contributed by atoms with Gasteiger partial charge in [-0.15, -0.1) is 0 Å². The fourth-order valence-electron chi connectivity index (χ4n) is 2.80. The first-order valence-electron chi connectivity index (χ1n) is 7.50. The highest BCUT2D eigenvalue weighted by atomic mass is 35.5. The number of hydrogen-bond acceptors (Lipinski definition) is 2. The molecular weight excluding hydrogens is 256 g/mol. The predicted octanol–water partition coefficient (Wildman–Crippen LogP) is 3.30. The Kier molecular flexibility index (Phi) is 4.42. The quantitative estimate of drug-likeness (QED) is 0.889. The predicted molar refractivity (Wildman–Crippen MR) is 80.5 cm³/mol.